The Morgan fingerprint density at radius 1 is 1.17 bits per heavy atom. The number of hydrogen-bond acceptors (Lipinski definition) is 4. The zero-order valence-electron chi connectivity index (χ0n) is 13.6. The van der Waals surface area contributed by atoms with E-state index in [1.165, 1.54) is 12.1 Å². The van der Waals surface area contributed by atoms with Crippen LogP contribution in [0.25, 0.3) is 0 Å². The van der Waals surface area contributed by atoms with Gasteiger partial charge in [0.25, 0.3) is 0 Å². The molecule has 0 saturated carbocycles. The molecule has 1 rings (SSSR count). The van der Waals surface area contributed by atoms with Crippen LogP contribution in [0.1, 0.15) is 32.8 Å². The molecule has 6 nitrogen and oxygen atoms in total. The molecule has 1 aromatic rings. The van der Waals surface area contributed by atoms with Crippen LogP contribution in [0.2, 0.25) is 0 Å². The molecule has 0 aliphatic rings. The Morgan fingerprint density at radius 3 is 2.17 bits per heavy atom. The molecule has 1 atom stereocenters. The predicted molar refractivity (Wildman–Crippen MR) is 86.9 cm³/mol. The van der Waals surface area contributed by atoms with Gasteiger partial charge in [-0.3, -0.25) is 4.79 Å². The molecular formula is C16H23NO5S. The molecule has 0 heterocycles. The fraction of sp³-hybridized carbons (Fsp3) is 0.500. The summed E-state index contributed by atoms with van der Waals surface area (Å²) in [5.74, 6) is -1.29. The first kappa shape index (κ1) is 19.2. The number of carboxylic acids is 1. The lowest BCUT2D eigenvalue weighted by molar-refractivity contribution is -0.142. The molecule has 0 aliphatic carbocycles. The number of sulfone groups is 1. The van der Waals surface area contributed by atoms with E-state index < -0.39 is 27.8 Å². The summed E-state index contributed by atoms with van der Waals surface area (Å²) in [4.78, 5) is 23.3. The number of carbonyl (C=O) groups is 2. The van der Waals surface area contributed by atoms with Crippen molar-refractivity contribution in [3.8, 4) is 0 Å². The number of aliphatic carboxylic acids is 1. The van der Waals surface area contributed by atoms with Gasteiger partial charge >= 0.3 is 5.97 Å². The van der Waals surface area contributed by atoms with Crippen molar-refractivity contribution in [2.45, 2.75) is 44.6 Å². The number of benzene rings is 1. The van der Waals surface area contributed by atoms with Crippen LogP contribution < -0.4 is 5.32 Å². The van der Waals surface area contributed by atoms with Crippen molar-refractivity contribution >= 4 is 21.7 Å². The molecule has 1 aromatic carbocycles. The maximum absolute atomic E-state index is 12.0. The average Bonchev–Trinajstić information content (AvgIpc) is 2.46. The summed E-state index contributed by atoms with van der Waals surface area (Å²) in [5, 5.41) is 11.6. The zero-order chi connectivity index (χ0) is 17.6. The van der Waals surface area contributed by atoms with Crippen molar-refractivity contribution in [3.63, 3.8) is 0 Å². The second kappa shape index (κ2) is 8.10. The van der Waals surface area contributed by atoms with Gasteiger partial charge in [0, 0.05) is 0 Å². The first-order chi connectivity index (χ1) is 10.7. The van der Waals surface area contributed by atoms with Gasteiger partial charge < -0.3 is 10.4 Å². The third kappa shape index (κ3) is 6.02. The highest BCUT2D eigenvalue weighted by molar-refractivity contribution is 7.91. The fourth-order valence-corrected chi connectivity index (χ4v) is 2.99. The highest BCUT2D eigenvalue weighted by atomic mass is 32.2. The van der Waals surface area contributed by atoms with Gasteiger partial charge in [0.15, 0.2) is 9.84 Å². The van der Waals surface area contributed by atoms with Crippen LogP contribution in [0.15, 0.2) is 29.2 Å². The lowest BCUT2D eigenvalue weighted by atomic mass is 10.0. The van der Waals surface area contributed by atoms with Crippen LogP contribution in [-0.2, 0) is 25.8 Å². The van der Waals surface area contributed by atoms with Crippen LogP contribution in [-0.4, -0.2) is 37.2 Å². The van der Waals surface area contributed by atoms with E-state index in [9.17, 15) is 18.0 Å². The summed E-state index contributed by atoms with van der Waals surface area (Å²) in [6.45, 7) is 5.33. The van der Waals surface area contributed by atoms with E-state index in [1.807, 2.05) is 13.8 Å². The van der Waals surface area contributed by atoms with Crippen molar-refractivity contribution in [3.05, 3.63) is 29.8 Å². The van der Waals surface area contributed by atoms with Gasteiger partial charge in [0.05, 0.1) is 17.1 Å². The van der Waals surface area contributed by atoms with Crippen molar-refractivity contribution in [2.75, 3.05) is 5.75 Å². The Kier molecular flexibility index (Phi) is 6.75. The summed E-state index contributed by atoms with van der Waals surface area (Å²) in [5.41, 5.74) is 0.631. The number of nitrogens with one attached hydrogen (secondary N) is 1. The van der Waals surface area contributed by atoms with Crippen LogP contribution >= 0.6 is 0 Å². The Bertz CT molecular complexity index is 650. The summed E-state index contributed by atoms with van der Waals surface area (Å²) in [6, 6.07) is 5.15. The van der Waals surface area contributed by atoms with E-state index in [2.05, 4.69) is 5.32 Å². The van der Waals surface area contributed by atoms with Gasteiger partial charge in [0.1, 0.15) is 6.04 Å². The SMILES string of the molecule is CCS(=O)(=O)c1ccc(CC(=O)N[C@@H](CC(C)C)C(=O)O)cc1. The molecule has 128 valence electrons. The minimum absolute atomic E-state index is 0.00826. The zero-order valence-corrected chi connectivity index (χ0v) is 14.4. The quantitative estimate of drug-likeness (QED) is 0.748. The smallest absolute Gasteiger partial charge is 0.326 e. The Morgan fingerprint density at radius 2 is 1.74 bits per heavy atom. The Balaban J connectivity index is 2.72. The minimum Gasteiger partial charge on any atom is -0.480 e. The normalized spacial score (nSPS) is 12.9. The molecular weight excluding hydrogens is 318 g/mol. The van der Waals surface area contributed by atoms with E-state index in [0.717, 1.165) is 0 Å². The molecule has 2 N–H and O–H groups in total. The minimum atomic E-state index is -3.27. The maximum Gasteiger partial charge on any atom is 0.326 e. The molecule has 0 unspecified atom stereocenters. The summed E-state index contributed by atoms with van der Waals surface area (Å²) in [7, 11) is -3.27. The van der Waals surface area contributed by atoms with Crippen molar-refractivity contribution in [2.24, 2.45) is 5.92 Å². The van der Waals surface area contributed by atoms with Crippen molar-refractivity contribution in [1.82, 2.24) is 5.32 Å². The monoisotopic (exact) mass is 341 g/mol. The van der Waals surface area contributed by atoms with Crippen LogP contribution in [0.4, 0.5) is 0 Å². The molecule has 1 amide bonds. The number of carboxylic acid groups (broad SMARTS) is 1. The van der Waals surface area contributed by atoms with E-state index in [4.69, 9.17) is 5.11 Å². The molecule has 0 aromatic heterocycles. The van der Waals surface area contributed by atoms with Gasteiger partial charge in [-0.1, -0.05) is 32.9 Å². The van der Waals surface area contributed by atoms with Gasteiger partial charge in [-0.15, -0.1) is 0 Å². The molecule has 0 fully saturated rings. The van der Waals surface area contributed by atoms with Crippen molar-refractivity contribution < 1.29 is 23.1 Å². The van der Waals surface area contributed by atoms with Crippen LogP contribution in [0.3, 0.4) is 0 Å². The van der Waals surface area contributed by atoms with E-state index in [1.54, 1.807) is 19.1 Å². The summed E-state index contributed by atoms with van der Waals surface area (Å²) in [6.07, 6.45) is 0.364. The predicted octanol–water partition coefficient (Wildman–Crippen LogP) is 1.64. The highest BCUT2D eigenvalue weighted by Crippen LogP contribution is 2.13. The number of amides is 1. The molecule has 7 heteroatoms. The highest BCUT2D eigenvalue weighted by Gasteiger charge is 2.21. The first-order valence-corrected chi connectivity index (χ1v) is 9.14. The third-order valence-electron chi connectivity index (χ3n) is 3.37. The molecule has 0 bridgehead atoms. The number of hydrogen-bond donors (Lipinski definition) is 2. The first-order valence-electron chi connectivity index (χ1n) is 7.49. The van der Waals surface area contributed by atoms with E-state index in [-0.39, 0.29) is 23.0 Å². The third-order valence-corrected chi connectivity index (χ3v) is 5.12. The number of rotatable bonds is 8. The van der Waals surface area contributed by atoms with Gasteiger partial charge in [-0.05, 0) is 30.0 Å². The van der Waals surface area contributed by atoms with Crippen LogP contribution in [0.5, 0.6) is 0 Å². The van der Waals surface area contributed by atoms with E-state index >= 15 is 0 Å². The average molecular weight is 341 g/mol. The molecule has 0 saturated heterocycles. The van der Waals surface area contributed by atoms with E-state index in [0.29, 0.717) is 12.0 Å². The summed E-state index contributed by atoms with van der Waals surface area (Å²) < 4.78 is 23.4. The second-order valence-electron chi connectivity index (χ2n) is 5.81. The maximum atomic E-state index is 12.0. The summed E-state index contributed by atoms with van der Waals surface area (Å²) >= 11 is 0. The van der Waals surface area contributed by atoms with Gasteiger partial charge in [-0.2, -0.15) is 0 Å². The lowest BCUT2D eigenvalue weighted by Gasteiger charge is -2.16. The van der Waals surface area contributed by atoms with Gasteiger partial charge in [-0.25, -0.2) is 13.2 Å². The molecule has 0 aliphatic heterocycles. The topological polar surface area (TPSA) is 101 Å². The molecule has 23 heavy (non-hydrogen) atoms. The Labute approximate surface area is 136 Å². The van der Waals surface area contributed by atoms with Crippen molar-refractivity contribution in [1.29, 1.82) is 0 Å². The lowest BCUT2D eigenvalue weighted by Crippen LogP contribution is -2.42. The number of carbonyl (C=O) groups excluding carboxylic acids is 1. The largest absolute Gasteiger partial charge is 0.480 e. The molecule has 0 radical (unpaired) electrons. The van der Waals surface area contributed by atoms with Gasteiger partial charge in [0.2, 0.25) is 5.91 Å². The van der Waals surface area contributed by atoms with Crippen LogP contribution in [0, 0.1) is 5.92 Å². The standard InChI is InChI=1S/C16H23NO5S/c1-4-23(21,22)13-7-5-12(6-8-13)10-15(18)17-14(16(19)20)9-11(2)3/h5-8,11,14H,4,9-10H2,1-3H3,(H,17,18)(H,19,20)/t14-/m0/s1. The fourth-order valence-electron chi connectivity index (χ4n) is 2.10. The second-order valence-corrected chi connectivity index (χ2v) is 8.09. The molecule has 0 spiro atoms. The Hall–Kier alpha value is -1.89.